The maximum Gasteiger partial charge on any atom is 0.419 e. The lowest BCUT2D eigenvalue weighted by atomic mass is 10.1. The van der Waals surface area contributed by atoms with E-state index in [0.29, 0.717) is 11.4 Å². The molecule has 4 nitrogen and oxygen atoms in total. The molecule has 0 atom stereocenters. The number of hydrogen-bond acceptors (Lipinski definition) is 3. The molecule has 2 aromatic rings. The van der Waals surface area contributed by atoms with E-state index >= 15 is 0 Å². The molecule has 0 aliphatic carbocycles. The summed E-state index contributed by atoms with van der Waals surface area (Å²) in [7, 11) is 0. The predicted octanol–water partition coefficient (Wildman–Crippen LogP) is 3.01. The highest BCUT2D eigenvalue weighted by atomic mass is 19.4. The van der Waals surface area contributed by atoms with Crippen LogP contribution in [0.5, 0.6) is 0 Å². The van der Waals surface area contributed by atoms with E-state index in [0.717, 1.165) is 42.8 Å². The summed E-state index contributed by atoms with van der Waals surface area (Å²) < 4.78 is 40.2. The Kier molecular flexibility index (Phi) is 3.58. The molecule has 0 N–H and O–H groups in total. The molecule has 0 bridgehead atoms. The number of halogens is 3. The van der Waals surface area contributed by atoms with Crippen LogP contribution in [-0.4, -0.2) is 22.5 Å². The minimum Gasteiger partial charge on any atom is -0.366 e. The average Bonchev–Trinajstić information content (AvgIpc) is 2.47. The molecule has 7 heteroatoms. The quantitative estimate of drug-likeness (QED) is 0.812. The van der Waals surface area contributed by atoms with Crippen LogP contribution in [0.2, 0.25) is 0 Å². The summed E-state index contributed by atoms with van der Waals surface area (Å²) in [6, 6.07) is 2.18. The van der Waals surface area contributed by atoms with E-state index in [1.165, 1.54) is 12.3 Å². The van der Waals surface area contributed by atoms with Gasteiger partial charge in [0.15, 0.2) is 5.65 Å². The predicted molar refractivity (Wildman–Crippen MR) is 77.3 cm³/mol. The molecule has 1 aliphatic rings. The van der Waals surface area contributed by atoms with E-state index in [1.807, 2.05) is 4.90 Å². The molecule has 0 spiro atoms. The van der Waals surface area contributed by atoms with Gasteiger partial charge in [0.2, 0.25) is 0 Å². The molecule has 1 aliphatic heterocycles. The zero-order valence-electron chi connectivity index (χ0n) is 12.2. The first kappa shape index (κ1) is 14.9. The van der Waals surface area contributed by atoms with Crippen molar-refractivity contribution in [2.75, 3.05) is 18.0 Å². The number of anilines is 1. The Morgan fingerprint density at radius 3 is 2.50 bits per heavy atom. The average molecular weight is 311 g/mol. The Hall–Kier alpha value is -2.05. The van der Waals surface area contributed by atoms with Gasteiger partial charge in [-0.1, -0.05) is 0 Å². The van der Waals surface area contributed by atoms with Gasteiger partial charge < -0.3 is 4.90 Å². The van der Waals surface area contributed by atoms with Gasteiger partial charge in [-0.05, 0) is 38.3 Å². The van der Waals surface area contributed by atoms with Crippen molar-refractivity contribution in [2.45, 2.75) is 32.4 Å². The van der Waals surface area contributed by atoms with Gasteiger partial charge in [0, 0.05) is 19.3 Å². The Morgan fingerprint density at radius 1 is 1.18 bits per heavy atom. The van der Waals surface area contributed by atoms with Crippen LogP contribution in [0.4, 0.5) is 18.9 Å². The van der Waals surface area contributed by atoms with Crippen molar-refractivity contribution < 1.29 is 13.2 Å². The molecule has 0 saturated carbocycles. The van der Waals surface area contributed by atoms with E-state index in [4.69, 9.17) is 0 Å². The third kappa shape index (κ3) is 2.44. The zero-order chi connectivity index (χ0) is 15.9. The number of fused-ring (bicyclic) bond motifs is 1. The maximum absolute atomic E-state index is 13.1. The molecular formula is C15H16F3N3O. The van der Waals surface area contributed by atoms with Crippen molar-refractivity contribution in [3.63, 3.8) is 0 Å². The van der Waals surface area contributed by atoms with Gasteiger partial charge in [0.1, 0.15) is 5.69 Å². The largest absolute Gasteiger partial charge is 0.419 e. The summed E-state index contributed by atoms with van der Waals surface area (Å²) >= 11 is 0. The summed E-state index contributed by atoms with van der Waals surface area (Å²) in [5, 5.41) is 0. The Balaban J connectivity index is 2.24. The first-order valence-electron chi connectivity index (χ1n) is 7.24. The third-order valence-electron chi connectivity index (χ3n) is 3.98. The van der Waals surface area contributed by atoms with Crippen LogP contribution in [0.15, 0.2) is 23.1 Å². The van der Waals surface area contributed by atoms with E-state index in [2.05, 4.69) is 4.98 Å². The topological polar surface area (TPSA) is 37.6 Å². The van der Waals surface area contributed by atoms with Crippen LogP contribution in [-0.2, 0) is 6.18 Å². The van der Waals surface area contributed by atoms with Crippen LogP contribution < -0.4 is 10.5 Å². The van der Waals surface area contributed by atoms with Crippen molar-refractivity contribution in [3.8, 4) is 0 Å². The van der Waals surface area contributed by atoms with Crippen LogP contribution in [0, 0.1) is 6.92 Å². The molecule has 3 heterocycles. The van der Waals surface area contributed by atoms with Crippen LogP contribution >= 0.6 is 0 Å². The number of aromatic nitrogens is 2. The molecule has 1 saturated heterocycles. The molecule has 0 radical (unpaired) electrons. The number of rotatable bonds is 1. The fourth-order valence-corrected chi connectivity index (χ4v) is 2.96. The molecule has 0 unspecified atom stereocenters. The van der Waals surface area contributed by atoms with Crippen LogP contribution in [0.3, 0.4) is 0 Å². The van der Waals surface area contributed by atoms with Gasteiger partial charge >= 0.3 is 6.18 Å². The third-order valence-corrected chi connectivity index (χ3v) is 3.98. The molecule has 2 aromatic heterocycles. The van der Waals surface area contributed by atoms with E-state index in [9.17, 15) is 18.0 Å². The molecule has 0 aromatic carbocycles. The van der Waals surface area contributed by atoms with Crippen molar-refractivity contribution in [3.05, 3.63) is 39.9 Å². The number of alkyl halides is 3. The zero-order valence-corrected chi connectivity index (χ0v) is 12.2. The molecular weight excluding hydrogens is 295 g/mol. The lowest BCUT2D eigenvalue weighted by Gasteiger charge is -2.29. The smallest absolute Gasteiger partial charge is 0.366 e. The Morgan fingerprint density at radius 2 is 1.86 bits per heavy atom. The highest BCUT2D eigenvalue weighted by molar-refractivity contribution is 5.57. The van der Waals surface area contributed by atoms with E-state index in [1.54, 1.807) is 6.92 Å². The number of piperidine rings is 1. The fourth-order valence-electron chi connectivity index (χ4n) is 2.96. The first-order chi connectivity index (χ1) is 10.4. The fraction of sp³-hybridized carbons (Fsp3) is 0.467. The van der Waals surface area contributed by atoms with Gasteiger partial charge in [-0.2, -0.15) is 13.2 Å². The lowest BCUT2D eigenvalue weighted by Crippen LogP contribution is -2.36. The van der Waals surface area contributed by atoms with E-state index in [-0.39, 0.29) is 5.65 Å². The standard InChI is InChI=1S/C15H16F3N3O/c1-10-12(20-7-3-2-4-8-20)14(22)21-9-5-6-11(13(21)19-10)15(16,17)18/h5-6,9H,2-4,7-8H2,1H3. The van der Waals surface area contributed by atoms with Crippen molar-refractivity contribution in [1.29, 1.82) is 0 Å². The van der Waals surface area contributed by atoms with E-state index < -0.39 is 17.3 Å². The second-order valence-corrected chi connectivity index (χ2v) is 5.51. The van der Waals surface area contributed by atoms with Crippen LogP contribution in [0.25, 0.3) is 5.65 Å². The van der Waals surface area contributed by atoms with Gasteiger partial charge in [0.05, 0.1) is 11.3 Å². The minimum absolute atomic E-state index is 0.335. The molecule has 118 valence electrons. The highest BCUT2D eigenvalue weighted by Gasteiger charge is 2.34. The Bertz CT molecular complexity index is 761. The molecule has 1 fully saturated rings. The number of pyridine rings is 1. The lowest BCUT2D eigenvalue weighted by molar-refractivity contribution is -0.136. The number of nitrogens with zero attached hydrogens (tertiary/aromatic N) is 3. The summed E-state index contributed by atoms with van der Waals surface area (Å²) in [4.78, 5) is 18.7. The summed E-state index contributed by atoms with van der Waals surface area (Å²) in [6.45, 7) is 3.07. The van der Waals surface area contributed by atoms with Crippen LogP contribution in [0.1, 0.15) is 30.5 Å². The van der Waals surface area contributed by atoms with Crippen molar-refractivity contribution >= 4 is 11.3 Å². The maximum atomic E-state index is 13.1. The molecule has 0 amide bonds. The first-order valence-corrected chi connectivity index (χ1v) is 7.24. The number of hydrogen-bond donors (Lipinski definition) is 0. The molecule has 22 heavy (non-hydrogen) atoms. The minimum atomic E-state index is -4.54. The van der Waals surface area contributed by atoms with Gasteiger partial charge in [-0.3, -0.25) is 9.20 Å². The van der Waals surface area contributed by atoms with Crippen molar-refractivity contribution in [1.82, 2.24) is 9.38 Å². The van der Waals surface area contributed by atoms with Gasteiger partial charge in [0.25, 0.3) is 5.56 Å². The Labute approximate surface area is 125 Å². The summed E-state index contributed by atoms with van der Waals surface area (Å²) in [5.41, 5.74) is -0.894. The second kappa shape index (κ2) is 5.30. The van der Waals surface area contributed by atoms with Crippen molar-refractivity contribution in [2.24, 2.45) is 0 Å². The monoisotopic (exact) mass is 311 g/mol. The second-order valence-electron chi connectivity index (χ2n) is 5.51. The summed E-state index contributed by atoms with van der Waals surface area (Å²) in [5.74, 6) is 0. The van der Waals surface area contributed by atoms with Gasteiger partial charge in [-0.25, -0.2) is 4.98 Å². The SMILES string of the molecule is Cc1nc2c(C(F)(F)F)cccn2c(=O)c1N1CCCCC1. The summed E-state index contributed by atoms with van der Waals surface area (Å²) in [6.07, 6.45) is -0.137. The number of aryl methyl sites for hydroxylation is 1. The highest BCUT2D eigenvalue weighted by Crippen LogP contribution is 2.32. The van der Waals surface area contributed by atoms with Gasteiger partial charge in [-0.15, -0.1) is 0 Å². The normalized spacial score (nSPS) is 16.3. The molecule has 3 rings (SSSR count).